The van der Waals surface area contributed by atoms with Crippen molar-refractivity contribution in [2.24, 2.45) is 0 Å². The fourth-order valence-electron chi connectivity index (χ4n) is 2.58. The van der Waals surface area contributed by atoms with Crippen molar-refractivity contribution in [2.45, 2.75) is 6.54 Å². The van der Waals surface area contributed by atoms with Gasteiger partial charge in [-0.2, -0.15) is 0 Å². The molecule has 24 heavy (non-hydrogen) atoms. The Labute approximate surface area is 136 Å². The third kappa shape index (κ3) is 2.32. The number of aromatic nitrogens is 7. The van der Waals surface area contributed by atoms with E-state index in [0.29, 0.717) is 23.5 Å². The third-order valence-corrected chi connectivity index (χ3v) is 3.77. The average molecular weight is 322 g/mol. The summed E-state index contributed by atoms with van der Waals surface area (Å²) in [7, 11) is 1.64. The summed E-state index contributed by atoms with van der Waals surface area (Å²) in [5.74, 6) is 1.12. The van der Waals surface area contributed by atoms with Crippen LogP contribution in [-0.2, 0) is 6.54 Å². The molecule has 0 aliphatic heterocycles. The summed E-state index contributed by atoms with van der Waals surface area (Å²) in [5, 5.41) is 10.4. The van der Waals surface area contributed by atoms with Crippen molar-refractivity contribution in [3.05, 3.63) is 42.6 Å². The number of nitrogens with one attached hydrogen (secondary N) is 1. The second kappa shape index (κ2) is 5.61. The second-order valence-corrected chi connectivity index (χ2v) is 5.19. The SMILES string of the molecule is COc1cc(-c2c[nH]nn2)ccc1Cn1cnc2c(N)ncnc21. The van der Waals surface area contributed by atoms with Gasteiger partial charge in [0.1, 0.15) is 23.3 Å². The molecule has 1 aromatic carbocycles. The summed E-state index contributed by atoms with van der Waals surface area (Å²) in [5.41, 5.74) is 9.77. The number of benzene rings is 1. The number of fused-ring (bicyclic) bond motifs is 1. The molecule has 0 aliphatic rings. The Morgan fingerprint density at radius 3 is 2.96 bits per heavy atom. The molecule has 0 saturated heterocycles. The molecule has 0 saturated carbocycles. The van der Waals surface area contributed by atoms with E-state index in [1.807, 2.05) is 22.8 Å². The first-order valence-electron chi connectivity index (χ1n) is 7.21. The van der Waals surface area contributed by atoms with Crippen LogP contribution in [-0.4, -0.2) is 42.0 Å². The highest BCUT2D eigenvalue weighted by atomic mass is 16.5. The van der Waals surface area contributed by atoms with E-state index in [0.717, 1.165) is 22.6 Å². The number of nitrogens with zero attached hydrogens (tertiary/aromatic N) is 6. The zero-order chi connectivity index (χ0) is 16.5. The van der Waals surface area contributed by atoms with E-state index in [2.05, 4.69) is 30.4 Å². The number of anilines is 1. The average Bonchev–Trinajstić information content (AvgIpc) is 3.26. The molecule has 0 fully saturated rings. The summed E-state index contributed by atoms with van der Waals surface area (Å²) < 4.78 is 7.42. The summed E-state index contributed by atoms with van der Waals surface area (Å²) in [6.45, 7) is 0.551. The molecule has 0 aliphatic carbocycles. The number of ether oxygens (including phenoxy) is 1. The third-order valence-electron chi connectivity index (χ3n) is 3.77. The Kier molecular flexibility index (Phi) is 3.30. The standard InChI is InChI=1S/C15H14N8O/c1-24-12-4-9(11-5-20-22-21-11)2-3-10(12)6-23-8-19-13-14(16)17-7-18-15(13)23/h2-5,7-8H,6H2,1H3,(H2,16,17,18)(H,20,21,22). The quantitative estimate of drug-likeness (QED) is 0.580. The van der Waals surface area contributed by atoms with Crippen LogP contribution in [0.4, 0.5) is 5.82 Å². The first-order valence-corrected chi connectivity index (χ1v) is 7.21. The predicted octanol–water partition coefficient (Wildman–Crippen LogP) is 1.25. The van der Waals surface area contributed by atoms with Crippen molar-refractivity contribution in [1.82, 2.24) is 34.9 Å². The number of rotatable bonds is 4. The molecule has 0 bridgehead atoms. The normalized spacial score (nSPS) is 11.0. The Morgan fingerprint density at radius 2 is 2.17 bits per heavy atom. The van der Waals surface area contributed by atoms with E-state index in [1.54, 1.807) is 19.6 Å². The van der Waals surface area contributed by atoms with Crippen LogP contribution in [0.1, 0.15) is 5.56 Å². The number of nitrogens with two attached hydrogens (primary N) is 1. The highest BCUT2D eigenvalue weighted by Crippen LogP contribution is 2.27. The number of H-pyrrole nitrogens is 1. The Bertz CT molecular complexity index is 992. The summed E-state index contributed by atoms with van der Waals surface area (Å²) in [4.78, 5) is 12.5. The second-order valence-electron chi connectivity index (χ2n) is 5.19. The van der Waals surface area contributed by atoms with Gasteiger partial charge in [-0.25, -0.2) is 15.0 Å². The maximum atomic E-state index is 5.83. The minimum atomic E-state index is 0.368. The lowest BCUT2D eigenvalue weighted by molar-refractivity contribution is 0.408. The highest BCUT2D eigenvalue weighted by Gasteiger charge is 2.12. The van der Waals surface area contributed by atoms with Crippen LogP contribution in [0.5, 0.6) is 5.75 Å². The highest BCUT2D eigenvalue weighted by molar-refractivity contribution is 5.81. The first kappa shape index (κ1) is 14.1. The van der Waals surface area contributed by atoms with E-state index in [1.165, 1.54) is 6.33 Å². The molecule has 3 aromatic heterocycles. The van der Waals surface area contributed by atoms with E-state index in [4.69, 9.17) is 10.5 Å². The van der Waals surface area contributed by atoms with Gasteiger partial charge in [0.25, 0.3) is 0 Å². The minimum absolute atomic E-state index is 0.368. The van der Waals surface area contributed by atoms with Crippen LogP contribution in [0.15, 0.2) is 37.1 Å². The largest absolute Gasteiger partial charge is 0.496 e. The minimum Gasteiger partial charge on any atom is -0.496 e. The van der Waals surface area contributed by atoms with Gasteiger partial charge >= 0.3 is 0 Å². The lowest BCUT2D eigenvalue weighted by Gasteiger charge is -2.11. The Morgan fingerprint density at radius 1 is 1.25 bits per heavy atom. The number of hydrogen-bond donors (Lipinski definition) is 2. The van der Waals surface area contributed by atoms with Crippen LogP contribution in [0.3, 0.4) is 0 Å². The van der Waals surface area contributed by atoms with Crippen molar-refractivity contribution in [3.63, 3.8) is 0 Å². The van der Waals surface area contributed by atoms with Crippen LogP contribution in [0, 0.1) is 0 Å². The zero-order valence-corrected chi connectivity index (χ0v) is 12.8. The maximum absolute atomic E-state index is 5.83. The van der Waals surface area contributed by atoms with Gasteiger partial charge in [-0.3, -0.25) is 5.10 Å². The van der Waals surface area contributed by atoms with Gasteiger partial charge in [-0.15, -0.1) is 5.10 Å². The first-order chi connectivity index (χ1) is 11.8. The van der Waals surface area contributed by atoms with Gasteiger partial charge in [0, 0.05) is 17.3 Å². The van der Waals surface area contributed by atoms with Gasteiger partial charge in [-0.1, -0.05) is 17.3 Å². The molecule has 0 radical (unpaired) electrons. The smallest absolute Gasteiger partial charge is 0.165 e. The molecule has 9 heteroatoms. The maximum Gasteiger partial charge on any atom is 0.165 e. The molecular formula is C15H14N8O. The van der Waals surface area contributed by atoms with E-state index in [9.17, 15) is 0 Å². The van der Waals surface area contributed by atoms with Crippen molar-refractivity contribution in [2.75, 3.05) is 12.8 Å². The monoisotopic (exact) mass is 322 g/mol. The van der Waals surface area contributed by atoms with Gasteiger partial charge in [0.15, 0.2) is 11.5 Å². The van der Waals surface area contributed by atoms with Crippen LogP contribution in [0.2, 0.25) is 0 Å². The topological polar surface area (TPSA) is 120 Å². The molecule has 3 heterocycles. The fourth-order valence-corrected chi connectivity index (χ4v) is 2.58. The number of nitrogen functional groups attached to an aromatic ring is 1. The lowest BCUT2D eigenvalue weighted by atomic mass is 10.1. The molecule has 9 nitrogen and oxygen atoms in total. The van der Waals surface area contributed by atoms with Gasteiger partial charge < -0.3 is 15.0 Å². The van der Waals surface area contributed by atoms with Crippen molar-refractivity contribution < 1.29 is 4.74 Å². The van der Waals surface area contributed by atoms with Gasteiger partial charge in [0.2, 0.25) is 0 Å². The molecule has 0 amide bonds. The van der Waals surface area contributed by atoms with E-state index < -0.39 is 0 Å². The molecule has 0 unspecified atom stereocenters. The summed E-state index contributed by atoms with van der Waals surface area (Å²) in [6.07, 6.45) is 4.86. The number of aromatic amines is 1. The molecule has 4 aromatic rings. The summed E-state index contributed by atoms with van der Waals surface area (Å²) >= 11 is 0. The Hall–Kier alpha value is -3.49. The number of imidazole rings is 1. The molecule has 0 atom stereocenters. The number of hydrogen-bond acceptors (Lipinski definition) is 7. The fraction of sp³-hybridized carbons (Fsp3) is 0.133. The van der Waals surface area contributed by atoms with Gasteiger partial charge in [-0.05, 0) is 6.07 Å². The molecule has 120 valence electrons. The van der Waals surface area contributed by atoms with Crippen LogP contribution in [0.25, 0.3) is 22.4 Å². The van der Waals surface area contributed by atoms with E-state index in [-0.39, 0.29) is 0 Å². The van der Waals surface area contributed by atoms with Crippen molar-refractivity contribution >= 4 is 17.0 Å². The molecule has 0 spiro atoms. The van der Waals surface area contributed by atoms with Gasteiger partial charge in [0.05, 0.1) is 20.0 Å². The van der Waals surface area contributed by atoms with Crippen LogP contribution < -0.4 is 10.5 Å². The predicted molar refractivity (Wildman–Crippen MR) is 87.2 cm³/mol. The van der Waals surface area contributed by atoms with E-state index >= 15 is 0 Å². The van der Waals surface area contributed by atoms with Crippen molar-refractivity contribution in [3.8, 4) is 17.0 Å². The summed E-state index contributed by atoms with van der Waals surface area (Å²) in [6, 6.07) is 5.88. The number of methoxy groups -OCH3 is 1. The van der Waals surface area contributed by atoms with Crippen LogP contribution >= 0.6 is 0 Å². The Balaban J connectivity index is 1.72. The molecule has 4 rings (SSSR count). The zero-order valence-electron chi connectivity index (χ0n) is 12.8. The molecular weight excluding hydrogens is 308 g/mol. The lowest BCUT2D eigenvalue weighted by Crippen LogP contribution is -2.02. The molecule has 3 N–H and O–H groups in total. The van der Waals surface area contributed by atoms with Crippen molar-refractivity contribution in [1.29, 1.82) is 0 Å².